The molecule has 0 radical (unpaired) electrons. The molecule has 2 amide bonds. The number of amides is 2. The Morgan fingerprint density at radius 1 is 1.22 bits per heavy atom. The molecule has 144 valence electrons. The van der Waals surface area contributed by atoms with Gasteiger partial charge in [-0.3, -0.25) is 9.59 Å². The predicted octanol–water partition coefficient (Wildman–Crippen LogP) is 3.13. The summed E-state index contributed by atoms with van der Waals surface area (Å²) >= 11 is 1.81. The fourth-order valence-electron chi connectivity index (χ4n) is 3.23. The molecule has 1 aliphatic heterocycles. The second kappa shape index (κ2) is 9.10. The van der Waals surface area contributed by atoms with Crippen LogP contribution in [0.15, 0.2) is 35.7 Å². The molecule has 0 atom stereocenters. The van der Waals surface area contributed by atoms with Crippen LogP contribution in [0.1, 0.15) is 29.2 Å². The Balaban J connectivity index is 1.37. The highest BCUT2D eigenvalue weighted by atomic mass is 32.1. The highest BCUT2D eigenvalue weighted by molar-refractivity contribution is 7.10. The Kier molecular flexibility index (Phi) is 6.58. The van der Waals surface area contributed by atoms with Crippen molar-refractivity contribution in [2.45, 2.75) is 25.7 Å². The Labute approximate surface area is 162 Å². The molecule has 7 heteroatoms. The van der Waals surface area contributed by atoms with Crippen molar-refractivity contribution >= 4 is 28.8 Å². The standard InChI is InChI=1S/C20H24FN3O2S/c1-14-4-5-16(13-17(14)21)23-20(26)19(25)22-8-11-24-9-6-15(7-10-24)18-3-2-12-27-18/h2-5,12-13,15H,6-11H2,1H3,(H,22,25)(H,23,26). The van der Waals surface area contributed by atoms with Gasteiger partial charge in [0.1, 0.15) is 5.82 Å². The van der Waals surface area contributed by atoms with E-state index in [1.807, 2.05) is 11.3 Å². The second-order valence-electron chi connectivity index (χ2n) is 6.81. The van der Waals surface area contributed by atoms with Crippen LogP contribution in [0.5, 0.6) is 0 Å². The van der Waals surface area contributed by atoms with Crippen LogP contribution in [-0.4, -0.2) is 42.9 Å². The van der Waals surface area contributed by atoms with Gasteiger partial charge in [0.15, 0.2) is 0 Å². The van der Waals surface area contributed by atoms with E-state index in [0.29, 0.717) is 18.0 Å². The molecule has 5 nitrogen and oxygen atoms in total. The SMILES string of the molecule is Cc1ccc(NC(=O)C(=O)NCCN2CCC(c3cccs3)CC2)cc1F. The summed E-state index contributed by atoms with van der Waals surface area (Å²) in [6.45, 7) is 4.75. The number of thiophene rings is 1. The lowest BCUT2D eigenvalue weighted by molar-refractivity contribution is -0.136. The first-order valence-electron chi connectivity index (χ1n) is 9.14. The van der Waals surface area contributed by atoms with Gasteiger partial charge in [0.05, 0.1) is 0 Å². The number of rotatable bonds is 5. The Bertz CT molecular complexity index is 787. The first-order chi connectivity index (χ1) is 13.0. The molecule has 3 rings (SSSR count). The van der Waals surface area contributed by atoms with Crippen LogP contribution in [0.25, 0.3) is 0 Å². The third-order valence-electron chi connectivity index (χ3n) is 4.88. The van der Waals surface area contributed by atoms with Crippen LogP contribution in [0.4, 0.5) is 10.1 Å². The van der Waals surface area contributed by atoms with Crippen molar-refractivity contribution in [2.75, 3.05) is 31.5 Å². The van der Waals surface area contributed by atoms with Gasteiger partial charge < -0.3 is 15.5 Å². The summed E-state index contributed by atoms with van der Waals surface area (Å²) in [6.07, 6.45) is 2.24. The number of halogens is 1. The molecule has 0 aliphatic carbocycles. The second-order valence-corrected chi connectivity index (χ2v) is 7.78. The summed E-state index contributed by atoms with van der Waals surface area (Å²) in [5, 5.41) is 7.16. The number of nitrogens with zero attached hydrogens (tertiary/aromatic N) is 1. The lowest BCUT2D eigenvalue weighted by Crippen LogP contribution is -2.42. The van der Waals surface area contributed by atoms with E-state index in [9.17, 15) is 14.0 Å². The summed E-state index contributed by atoms with van der Waals surface area (Å²) in [7, 11) is 0. The zero-order valence-electron chi connectivity index (χ0n) is 15.3. The van der Waals surface area contributed by atoms with Gasteiger partial charge in [0.25, 0.3) is 0 Å². The topological polar surface area (TPSA) is 61.4 Å². The Morgan fingerprint density at radius 2 is 2.00 bits per heavy atom. The number of benzene rings is 1. The maximum absolute atomic E-state index is 13.5. The van der Waals surface area contributed by atoms with Crippen LogP contribution >= 0.6 is 11.3 Å². The largest absolute Gasteiger partial charge is 0.347 e. The highest BCUT2D eigenvalue weighted by Crippen LogP contribution is 2.30. The normalized spacial score (nSPS) is 15.5. The molecule has 0 bridgehead atoms. The Hall–Kier alpha value is -2.25. The first-order valence-corrected chi connectivity index (χ1v) is 10.0. The fourth-order valence-corrected chi connectivity index (χ4v) is 4.13. The number of hydrogen-bond acceptors (Lipinski definition) is 4. The van der Waals surface area contributed by atoms with Gasteiger partial charge in [-0.05, 0) is 67.9 Å². The van der Waals surface area contributed by atoms with Crippen molar-refractivity contribution in [2.24, 2.45) is 0 Å². The van der Waals surface area contributed by atoms with Gasteiger partial charge in [-0.2, -0.15) is 0 Å². The van der Waals surface area contributed by atoms with E-state index in [-0.39, 0.29) is 5.69 Å². The van der Waals surface area contributed by atoms with Crippen molar-refractivity contribution < 1.29 is 14.0 Å². The average molecular weight is 389 g/mol. The van der Waals surface area contributed by atoms with Crippen molar-refractivity contribution in [3.05, 3.63) is 52.0 Å². The molecule has 0 spiro atoms. The van der Waals surface area contributed by atoms with Gasteiger partial charge in [-0.25, -0.2) is 4.39 Å². The average Bonchev–Trinajstić information content (AvgIpc) is 3.20. The number of carbonyl (C=O) groups excluding carboxylic acids is 2. The number of piperidine rings is 1. The van der Waals surface area contributed by atoms with Gasteiger partial charge in [-0.15, -0.1) is 11.3 Å². The maximum atomic E-state index is 13.5. The molecule has 27 heavy (non-hydrogen) atoms. The quantitative estimate of drug-likeness (QED) is 0.773. The minimum atomic E-state index is -0.783. The predicted molar refractivity (Wildman–Crippen MR) is 106 cm³/mol. The number of aryl methyl sites for hydroxylation is 1. The molecule has 1 fully saturated rings. The van der Waals surface area contributed by atoms with Gasteiger partial charge in [0, 0.05) is 23.7 Å². The minimum absolute atomic E-state index is 0.272. The van der Waals surface area contributed by atoms with Crippen molar-refractivity contribution in [3.63, 3.8) is 0 Å². The monoisotopic (exact) mass is 389 g/mol. The van der Waals surface area contributed by atoms with E-state index in [1.165, 1.54) is 10.9 Å². The van der Waals surface area contributed by atoms with E-state index in [2.05, 4.69) is 33.0 Å². The summed E-state index contributed by atoms with van der Waals surface area (Å²) in [4.78, 5) is 27.6. The van der Waals surface area contributed by atoms with Crippen LogP contribution in [0, 0.1) is 12.7 Å². The summed E-state index contributed by atoms with van der Waals surface area (Å²) < 4.78 is 13.5. The van der Waals surface area contributed by atoms with Crippen LogP contribution < -0.4 is 10.6 Å². The molecule has 2 aromatic rings. The van der Waals surface area contributed by atoms with E-state index in [4.69, 9.17) is 0 Å². The summed E-state index contributed by atoms with van der Waals surface area (Å²) in [5.74, 6) is -1.27. The molecular weight excluding hydrogens is 365 g/mol. The minimum Gasteiger partial charge on any atom is -0.347 e. The molecule has 0 saturated carbocycles. The lowest BCUT2D eigenvalue weighted by atomic mass is 9.95. The molecule has 2 N–H and O–H groups in total. The number of anilines is 1. The molecule has 1 aromatic heterocycles. The zero-order chi connectivity index (χ0) is 19.2. The van der Waals surface area contributed by atoms with Gasteiger partial charge in [0.2, 0.25) is 0 Å². The van der Waals surface area contributed by atoms with Crippen molar-refractivity contribution in [1.82, 2.24) is 10.2 Å². The van der Waals surface area contributed by atoms with Gasteiger partial charge >= 0.3 is 11.8 Å². The lowest BCUT2D eigenvalue weighted by Gasteiger charge is -2.31. The van der Waals surface area contributed by atoms with Gasteiger partial charge in [-0.1, -0.05) is 12.1 Å². The summed E-state index contributed by atoms with van der Waals surface area (Å²) in [5.41, 5.74) is 0.759. The van der Waals surface area contributed by atoms with Crippen LogP contribution in [0.3, 0.4) is 0 Å². The van der Waals surface area contributed by atoms with E-state index in [0.717, 1.165) is 32.5 Å². The molecule has 1 aromatic carbocycles. The third kappa shape index (κ3) is 5.37. The maximum Gasteiger partial charge on any atom is 0.313 e. The van der Waals surface area contributed by atoms with Crippen molar-refractivity contribution in [3.8, 4) is 0 Å². The first kappa shape index (κ1) is 19.5. The van der Waals surface area contributed by atoms with E-state index < -0.39 is 17.6 Å². The van der Waals surface area contributed by atoms with Crippen molar-refractivity contribution in [1.29, 1.82) is 0 Å². The van der Waals surface area contributed by atoms with Crippen LogP contribution in [-0.2, 0) is 9.59 Å². The number of likely N-dealkylation sites (tertiary alicyclic amines) is 1. The van der Waals surface area contributed by atoms with E-state index >= 15 is 0 Å². The molecular formula is C20H24FN3O2S. The number of nitrogens with one attached hydrogen (secondary N) is 2. The smallest absolute Gasteiger partial charge is 0.313 e. The van der Waals surface area contributed by atoms with E-state index in [1.54, 1.807) is 19.1 Å². The molecule has 0 unspecified atom stereocenters. The molecule has 2 heterocycles. The highest BCUT2D eigenvalue weighted by Gasteiger charge is 2.21. The molecule has 1 saturated heterocycles. The summed E-state index contributed by atoms with van der Waals surface area (Å²) in [6, 6.07) is 8.63. The molecule has 1 aliphatic rings. The fraction of sp³-hybridized carbons (Fsp3) is 0.400. The third-order valence-corrected chi connectivity index (χ3v) is 5.92. The number of carbonyl (C=O) groups is 2. The van der Waals surface area contributed by atoms with Crippen LogP contribution in [0.2, 0.25) is 0 Å². The number of hydrogen-bond donors (Lipinski definition) is 2. The Morgan fingerprint density at radius 3 is 2.67 bits per heavy atom. The zero-order valence-corrected chi connectivity index (χ0v) is 16.2.